The average molecular weight is 425 g/mol. The maximum absolute atomic E-state index is 12.6. The van der Waals surface area contributed by atoms with Gasteiger partial charge in [0, 0.05) is 23.5 Å². The Kier molecular flexibility index (Phi) is 5.38. The van der Waals surface area contributed by atoms with E-state index >= 15 is 0 Å². The lowest BCUT2D eigenvalue weighted by Gasteiger charge is -2.56. The van der Waals surface area contributed by atoms with Crippen LogP contribution in [0, 0.1) is 17.8 Å². The maximum Gasteiger partial charge on any atom is 0.232 e. The molecule has 7 heteroatoms. The molecule has 0 atom stereocenters. The number of carbonyl (C=O) groups excluding carboxylic acids is 1. The lowest BCUT2D eigenvalue weighted by molar-refractivity contribution is -0.126. The van der Waals surface area contributed by atoms with E-state index in [-0.39, 0.29) is 18.0 Å². The third-order valence-corrected chi connectivity index (χ3v) is 8.17. The van der Waals surface area contributed by atoms with Crippen LogP contribution in [0.3, 0.4) is 0 Å². The van der Waals surface area contributed by atoms with Crippen LogP contribution in [0.1, 0.15) is 51.4 Å². The van der Waals surface area contributed by atoms with Gasteiger partial charge in [0.25, 0.3) is 0 Å². The summed E-state index contributed by atoms with van der Waals surface area (Å²) in [5.74, 6) is 2.43. The normalized spacial score (nSPS) is 31.0. The van der Waals surface area contributed by atoms with E-state index in [0.29, 0.717) is 23.6 Å². The minimum Gasteiger partial charge on any atom is -0.351 e. The van der Waals surface area contributed by atoms with Gasteiger partial charge in [0.2, 0.25) is 15.9 Å². The third kappa shape index (κ3) is 4.33. The molecule has 28 heavy (non-hydrogen) atoms. The van der Waals surface area contributed by atoms with E-state index in [2.05, 4.69) is 5.32 Å². The van der Waals surface area contributed by atoms with Crippen LogP contribution < -0.4 is 9.62 Å². The molecule has 5 nitrogen and oxygen atoms in total. The minimum absolute atomic E-state index is 0.0124. The fourth-order valence-electron chi connectivity index (χ4n) is 6.10. The molecule has 1 aromatic carbocycles. The molecule has 0 spiro atoms. The zero-order valence-electron chi connectivity index (χ0n) is 16.4. The van der Waals surface area contributed by atoms with Crippen molar-refractivity contribution in [3.8, 4) is 0 Å². The summed E-state index contributed by atoms with van der Waals surface area (Å²) < 4.78 is 25.7. The van der Waals surface area contributed by atoms with Crippen molar-refractivity contribution >= 4 is 33.2 Å². The molecule has 4 aliphatic carbocycles. The molecule has 154 valence electrons. The Morgan fingerprint density at radius 3 is 2.14 bits per heavy atom. The predicted molar refractivity (Wildman–Crippen MR) is 112 cm³/mol. The highest BCUT2D eigenvalue weighted by Crippen LogP contribution is 2.55. The summed E-state index contributed by atoms with van der Waals surface area (Å²) in [5.41, 5.74) is 0.590. The van der Waals surface area contributed by atoms with Gasteiger partial charge in [-0.2, -0.15) is 0 Å². The second-order valence-electron chi connectivity index (χ2n) is 9.16. The molecule has 1 amide bonds. The van der Waals surface area contributed by atoms with Crippen molar-refractivity contribution in [1.82, 2.24) is 5.32 Å². The molecule has 0 saturated heterocycles. The van der Waals surface area contributed by atoms with Gasteiger partial charge in [-0.05, 0) is 87.0 Å². The topological polar surface area (TPSA) is 66.5 Å². The number of benzene rings is 1. The first kappa shape index (κ1) is 20.0. The molecular formula is C21H29ClN2O3S. The number of hydrogen-bond acceptors (Lipinski definition) is 3. The van der Waals surface area contributed by atoms with Crippen LogP contribution in [-0.2, 0) is 14.8 Å². The molecule has 1 N–H and O–H groups in total. The van der Waals surface area contributed by atoms with Crippen molar-refractivity contribution in [3.05, 3.63) is 29.3 Å². The first-order chi connectivity index (χ1) is 13.2. The lowest BCUT2D eigenvalue weighted by atomic mass is 9.53. The summed E-state index contributed by atoms with van der Waals surface area (Å²) in [4.78, 5) is 12.6. The van der Waals surface area contributed by atoms with Gasteiger partial charge in [-0.3, -0.25) is 9.10 Å². The number of sulfonamides is 1. The molecule has 0 unspecified atom stereocenters. The Morgan fingerprint density at radius 1 is 1.11 bits per heavy atom. The second-order valence-corrected chi connectivity index (χ2v) is 11.5. The summed E-state index contributed by atoms with van der Waals surface area (Å²) >= 11 is 5.90. The second kappa shape index (κ2) is 7.52. The van der Waals surface area contributed by atoms with Gasteiger partial charge >= 0.3 is 0 Å². The van der Waals surface area contributed by atoms with Gasteiger partial charge in [0.1, 0.15) is 0 Å². The standard InChI is InChI=1S/C21H29ClN2O3S/c1-28(26,27)24(19-6-4-18(22)5-7-19)8-2-3-20(25)23-21-12-15-9-16(13-21)11-17(10-15)14-21/h4-7,15-17H,2-3,8-14H2,1H3,(H,23,25). The van der Waals surface area contributed by atoms with Crippen molar-refractivity contribution in [2.75, 3.05) is 17.1 Å². The van der Waals surface area contributed by atoms with Crippen molar-refractivity contribution in [2.24, 2.45) is 17.8 Å². The lowest BCUT2D eigenvalue weighted by Crippen LogP contribution is -2.59. The molecular weight excluding hydrogens is 396 g/mol. The SMILES string of the molecule is CS(=O)(=O)N(CCCC(=O)NC12CC3CC(CC(C3)C1)C2)c1ccc(Cl)cc1. The Morgan fingerprint density at radius 2 is 1.64 bits per heavy atom. The van der Waals surface area contributed by atoms with Crippen LogP contribution in [-0.4, -0.2) is 32.7 Å². The number of carbonyl (C=O) groups is 1. The number of anilines is 1. The molecule has 0 heterocycles. The Bertz CT molecular complexity index is 802. The predicted octanol–water partition coefficient (Wildman–Crippen LogP) is 3.97. The van der Waals surface area contributed by atoms with E-state index in [4.69, 9.17) is 11.6 Å². The number of hydrogen-bond donors (Lipinski definition) is 1. The van der Waals surface area contributed by atoms with Crippen LogP contribution in [0.4, 0.5) is 5.69 Å². The van der Waals surface area contributed by atoms with E-state index in [0.717, 1.165) is 37.0 Å². The molecule has 4 aliphatic rings. The first-order valence-corrected chi connectivity index (χ1v) is 12.5. The molecule has 5 rings (SSSR count). The van der Waals surface area contributed by atoms with E-state index in [1.54, 1.807) is 24.3 Å². The Balaban J connectivity index is 1.33. The first-order valence-electron chi connectivity index (χ1n) is 10.3. The van der Waals surface area contributed by atoms with Crippen LogP contribution in [0.15, 0.2) is 24.3 Å². The van der Waals surface area contributed by atoms with Crippen LogP contribution in [0.5, 0.6) is 0 Å². The number of nitrogens with one attached hydrogen (secondary N) is 1. The van der Waals surface area contributed by atoms with Gasteiger partial charge in [0.15, 0.2) is 0 Å². The maximum atomic E-state index is 12.6. The van der Waals surface area contributed by atoms with E-state index in [9.17, 15) is 13.2 Å². The summed E-state index contributed by atoms with van der Waals surface area (Å²) in [6.45, 7) is 0.286. The highest BCUT2D eigenvalue weighted by molar-refractivity contribution is 7.92. The van der Waals surface area contributed by atoms with Gasteiger partial charge < -0.3 is 5.32 Å². The van der Waals surface area contributed by atoms with Crippen molar-refractivity contribution < 1.29 is 13.2 Å². The monoisotopic (exact) mass is 424 g/mol. The fourth-order valence-corrected chi connectivity index (χ4v) is 7.19. The van der Waals surface area contributed by atoms with Gasteiger partial charge in [0.05, 0.1) is 11.9 Å². The molecule has 0 radical (unpaired) electrons. The van der Waals surface area contributed by atoms with Gasteiger partial charge in [-0.25, -0.2) is 8.42 Å². The van der Waals surface area contributed by atoms with Gasteiger partial charge in [-0.15, -0.1) is 0 Å². The number of rotatable bonds is 7. The molecule has 0 aliphatic heterocycles. The van der Waals surface area contributed by atoms with Crippen molar-refractivity contribution in [3.63, 3.8) is 0 Å². The summed E-state index contributed by atoms with van der Waals surface area (Å²) in [6.07, 6.45) is 9.46. The minimum atomic E-state index is -3.41. The van der Waals surface area contributed by atoms with Crippen LogP contribution in [0.25, 0.3) is 0 Å². The van der Waals surface area contributed by atoms with Crippen molar-refractivity contribution in [2.45, 2.75) is 56.9 Å². The van der Waals surface area contributed by atoms with E-state index in [1.807, 2.05) is 0 Å². The van der Waals surface area contributed by atoms with Crippen LogP contribution >= 0.6 is 11.6 Å². The Hall–Kier alpha value is -1.27. The zero-order valence-corrected chi connectivity index (χ0v) is 17.9. The summed E-state index contributed by atoms with van der Waals surface area (Å²) in [7, 11) is -3.41. The number of nitrogens with zero attached hydrogens (tertiary/aromatic N) is 1. The number of amides is 1. The smallest absolute Gasteiger partial charge is 0.232 e. The van der Waals surface area contributed by atoms with Gasteiger partial charge in [-0.1, -0.05) is 11.6 Å². The van der Waals surface area contributed by atoms with E-state index in [1.165, 1.54) is 29.8 Å². The molecule has 4 fully saturated rings. The molecule has 4 bridgehead atoms. The van der Waals surface area contributed by atoms with Crippen LogP contribution in [0.2, 0.25) is 5.02 Å². The average Bonchev–Trinajstić information content (AvgIpc) is 2.57. The summed E-state index contributed by atoms with van der Waals surface area (Å²) in [6, 6.07) is 6.74. The molecule has 4 saturated carbocycles. The molecule has 0 aromatic heterocycles. The number of halogens is 1. The molecule has 1 aromatic rings. The largest absolute Gasteiger partial charge is 0.351 e. The third-order valence-electron chi connectivity index (χ3n) is 6.72. The highest BCUT2D eigenvalue weighted by Gasteiger charge is 2.51. The fraction of sp³-hybridized carbons (Fsp3) is 0.667. The Labute approximate surface area is 172 Å². The summed E-state index contributed by atoms with van der Waals surface area (Å²) in [5, 5.41) is 3.92. The quantitative estimate of drug-likeness (QED) is 0.720. The van der Waals surface area contributed by atoms with E-state index < -0.39 is 10.0 Å². The highest BCUT2D eigenvalue weighted by atomic mass is 35.5. The zero-order chi connectivity index (χ0) is 19.9. The van der Waals surface area contributed by atoms with Crippen molar-refractivity contribution in [1.29, 1.82) is 0 Å².